The van der Waals surface area contributed by atoms with Crippen molar-refractivity contribution in [2.24, 2.45) is 23.5 Å². The van der Waals surface area contributed by atoms with E-state index in [4.69, 9.17) is 5.73 Å². The van der Waals surface area contributed by atoms with Gasteiger partial charge >= 0.3 is 0 Å². The molecular weight excluding hydrogens is 374 g/mol. The van der Waals surface area contributed by atoms with Gasteiger partial charge in [-0.25, -0.2) is 8.42 Å². The summed E-state index contributed by atoms with van der Waals surface area (Å²) in [7, 11) is -3.54. The Morgan fingerprint density at radius 2 is 1.89 bits per heavy atom. The predicted molar refractivity (Wildman–Crippen MR) is 111 cm³/mol. The lowest BCUT2D eigenvalue weighted by molar-refractivity contribution is -0.122. The second kappa shape index (κ2) is 8.51. The van der Waals surface area contributed by atoms with Crippen LogP contribution in [0.2, 0.25) is 0 Å². The van der Waals surface area contributed by atoms with Crippen molar-refractivity contribution in [3.63, 3.8) is 0 Å². The molecule has 3 rings (SSSR count). The van der Waals surface area contributed by atoms with Crippen LogP contribution in [0.3, 0.4) is 0 Å². The minimum Gasteiger partial charge on any atom is -0.368 e. The van der Waals surface area contributed by atoms with Gasteiger partial charge in [0.2, 0.25) is 15.9 Å². The molecule has 6 nitrogen and oxygen atoms in total. The quantitative estimate of drug-likeness (QED) is 0.715. The lowest BCUT2D eigenvalue weighted by atomic mass is 9.95. The minimum atomic E-state index is -3.54. The summed E-state index contributed by atoms with van der Waals surface area (Å²) in [5.74, 6) is 0.386. The first kappa shape index (κ1) is 21.3. The van der Waals surface area contributed by atoms with Crippen molar-refractivity contribution in [3.8, 4) is 0 Å². The number of benzene rings is 1. The largest absolute Gasteiger partial charge is 0.368 e. The minimum absolute atomic E-state index is 0.142. The van der Waals surface area contributed by atoms with Crippen LogP contribution in [0.1, 0.15) is 38.7 Å². The normalized spacial score (nSPS) is 26.7. The Morgan fingerprint density at radius 3 is 2.46 bits per heavy atom. The maximum Gasteiger partial charge on any atom is 0.235 e. The third kappa shape index (κ3) is 4.75. The average Bonchev–Trinajstić information content (AvgIpc) is 3.14. The van der Waals surface area contributed by atoms with Crippen molar-refractivity contribution in [3.05, 3.63) is 35.9 Å². The molecule has 156 valence electrons. The smallest absolute Gasteiger partial charge is 0.235 e. The zero-order chi connectivity index (χ0) is 20.5. The summed E-state index contributed by atoms with van der Waals surface area (Å²) in [6, 6.07) is 9.45. The molecule has 1 aromatic carbocycles. The second-order valence-corrected chi connectivity index (χ2v) is 10.8. The van der Waals surface area contributed by atoms with Crippen LogP contribution in [-0.4, -0.2) is 55.0 Å². The van der Waals surface area contributed by atoms with Gasteiger partial charge in [-0.05, 0) is 42.6 Å². The average molecular weight is 408 g/mol. The first-order chi connectivity index (χ1) is 13.2. The Morgan fingerprint density at radius 1 is 1.21 bits per heavy atom. The number of fused-ring (bicyclic) bond motifs is 1. The number of primary amides is 1. The summed E-state index contributed by atoms with van der Waals surface area (Å²) in [4.78, 5) is 14.6. The number of nitrogens with zero attached hydrogens (tertiary/aromatic N) is 2. The Bertz CT molecular complexity index is 781. The zero-order valence-corrected chi connectivity index (χ0v) is 17.9. The molecule has 1 amide bonds. The fourth-order valence-corrected chi connectivity index (χ4v) is 6.52. The van der Waals surface area contributed by atoms with Crippen LogP contribution in [0.25, 0.3) is 0 Å². The molecule has 0 aromatic heterocycles. The third-order valence-corrected chi connectivity index (χ3v) is 7.47. The van der Waals surface area contributed by atoms with Gasteiger partial charge in [0.15, 0.2) is 0 Å². The number of hydrogen-bond acceptors (Lipinski definition) is 4. The topological polar surface area (TPSA) is 83.7 Å². The first-order valence-corrected chi connectivity index (χ1v) is 12.1. The molecule has 2 fully saturated rings. The van der Waals surface area contributed by atoms with E-state index in [1.165, 1.54) is 16.1 Å². The van der Waals surface area contributed by atoms with Crippen LogP contribution in [-0.2, 0) is 21.4 Å². The number of sulfonamides is 1. The van der Waals surface area contributed by atoms with Crippen LogP contribution in [0.4, 0.5) is 0 Å². The summed E-state index contributed by atoms with van der Waals surface area (Å²) in [5, 5.41) is 0. The van der Waals surface area contributed by atoms with E-state index in [2.05, 4.69) is 17.0 Å². The number of rotatable bonds is 8. The van der Waals surface area contributed by atoms with Crippen LogP contribution >= 0.6 is 0 Å². The van der Waals surface area contributed by atoms with Gasteiger partial charge in [0, 0.05) is 25.7 Å². The molecule has 1 saturated carbocycles. The van der Waals surface area contributed by atoms with Gasteiger partial charge in [-0.3, -0.25) is 9.69 Å². The second-order valence-electron chi connectivity index (χ2n) is 8.89. The molecule has 1 aromatic rings. The van der Waals surface area contributed by atoms with Gasteiger partial charge in [-0.1, -0.05) is 44.2 Å². The Kier molecular flexibility index (Phi) is 6.47. The molecule has 0 unspecified atom stereocenters. The van der Waals surface area contributed by atoms with E-state index in [1.807, 2.05) is 32.0 Å². The van der Waals surface area contributed by atoms with E-state index < -0.39 is 22.0 Å². The van der Waals surface area contributed by atoms with Crippen molar-refractivity contribution >= 4 is 15.9 Å². The highest BCUT2D eigenvalue weighted by atomic mass is 32.2. The Labute approximate surface area is 169 Å². The van der Waals surface area contributed by atoms with Gasteiger partial charge in [-0.15, -0.1) is 0 Å². The van der Waals surface area contributed by atoms with Gasteiger partial charge in [0.25, 0.3) is 0 Å². The molecule has 1 aliphatic carbocycles. The molecule has 4 atom stereocenters. The van der Waals surface area contributed by atoms with Crippen molar-refractivity contribution in [1.29, 1.82) is 0 Å². The fraction of sp³-hybridized carbons (Fsp3) is 0.667. The van der Waals surface area contributed by atoms with Gasteiger partial charge in [0.1, 0.15) is 6.04 Å². The summed E-state index contributed by atoms with van der Waals surface area (Å²) in [6.07, 6.45) is 3.49. The molecule has 1 heterocycles. The summed E-state index contributed by atoms with van der Waals surface area (Å²) >= 11 is 0. The molecule has 28 heavy (non-hydrogen) atoms. The lowest BCUT2D eigenvalue weighted by Gasteiger charge is -2.36. The van der Waals surface area contributed by atoms with E-state index in [0.29, 0.717) is 12.3 Å². The molecule has 0 spiro atoms. The van der Waals surface area contributed by atoms with Crippen molar-refractivity contribution in [2.75, 3.05) is 19.3 Å². The maximum absolute atomic E-state index is 12.7. The predicted octanol–water partition coefficient (Wildman–Crippen LogP) is 2.06. The summed E-state index contributed by atoms with van der Waals surface area (Å²) in [6.45, 7) is 6.71. The SMILES string of the molecule is CC(C)C[C@@H](C(N)=O)N([C@H]1CC[C@@H]2CN(Cc3ccccc3)C[C@@H]21)S(C)(=O)=O. The third-order valence-electron chi connectivity index (χ3n) is 6.18. The number of carbonyl (C=O) groups excluding carboxylic acids is 1. The van der Waals surface area contributed by atoms with Crippen molar-refractivity contribution in [1.82, 2.24) is 9.21 Å². The number of nitrogens with two attached hydrogens (primary N) is 1. The van der Waals surface area contributed by atoms with Gasteiger partial charge in [-0.2, -0.15) is 4.31 Å². The van der Waals surface area contributed by atoms with Crippen molar-refractivity contribution < 1.29 is 13.2 Å². The number of carbonyl (C=O) groups is 1. The van der Waals surface area contributed by atoms with Crippen LogP contribution in [0.15, 0.2) is 30.3 Å². The first-order valence-electron chi connectivity index (χ1n) is 10.2. The molecular formula is C21H33N3O3S. The summed E-state index contributed by atoms with van der Waals surface area (Å²) < 4.78 is 26.9. The summed E-state index contributed by atoms with van der Waals surface area (Å²) in [5.41, 5.74) is 6.93. The van der Waals surface area contributed by atoms with E-state index >= 15 is 0 Å². The van der Waals surface area contributed by atoms with Crippen molar-refractivity contribution in [2.45, 2.75) is 51.7 Å². The zero-order valence-electron chi connectivity index (χ0n) is 17.1. The highest BCUT2D eigenvalue weighted by Crippen LogP contribution is 2.43. The number of likely N-dealkylation sites (tertiary alicyclic amines) is 1. The van der Waals surface area contributed by atoms with E-state index in [-0.39, 0.29) is 17.9 Å². The fourth-order valence-electron chi connectivity index (χ4n) is 5.12. The molecule has 0 radical (unpaired) electrons. The van der Waals surface area contributed by atoms with Crippen LogP contribution in [0.5, 0.6) is 0 Å². The Balaban J connectivity index is 1.79. The maximum atomic E-state index is 12.7. The van der Waals surface area contributed by atoms with Crippen LogP contribution < -0.4 is 5.73 Å². The molecule has 2 N–H and O–H groups in total. The molecule has 0 bridgehead atoms. The van der Waals surface area contributed by atoms with Crippen LogP contribution in [0, 0.1) is 17.8 Å². The number of amides is 1. The molecule has 7 heteroatoms. The van der Waals surface area contributed by atoms with Gasteiger partial charge in [0.05, 0.1) is 6.26 Å². The Hall–Kier alpha value is -1.44. The van der Waals surface area contributed by atoms with E-state index in [1.54, 1.807) is 0 Å². The van der Waals surface area contributed by atoms with E-state index in [0.717, 1.165) is 32.5 Å². The van der Waals surface area contributed by atoms with E-state index in [9.17, 15) is 13.2 Å². The standard InChI is InChI=1S/C21H33N3O3S/c1-15(2)11-20(21(22)25)24(28(3,26)27)19-10-9-17-13-23(14-18(17)19)12-16-7-5-4-6-8-16/h4-8,15,17-20H,9-14H2,1-3H3,(H2,22,25)/t17-,18+,19+,20+/m1/s1. The monoisotopic (exact) mass is 407 g/mol. The molecule has 2 aliphatic rings. The lowest BCUT2D eigenvalue weighted by Crippen LogP contribution is -2.54. The van der Waals surface area contributed by atoms with Gasteiger partial charge < -0.3 is 5.73 Å². The highest BCUT2D eigenvalue weighted by molar-refractivity contribution is 7.88. The molecule has 1 aliphatic heterocycles. The highest BCUT2D eigenvalue weighted by Gasteiger charge is 2.49. The molecule has 1 saturated heterocycles. The number of hydrogen-bond donors (Lipinski definition) is 1.